The second-order valence-corrected chi connectivity index (χ2v) is 3.67. The first kappa shape index (κ1) is 11.6. The summed E-state index contributed by atoms with van der Waals surface area (Å²) < 4.78 is 5.31. The molecule has 1 aromatic heterocycles. The highest BCUT2D eigenvalue weighted by molar-refractivity contribution is 5.85. The van der Waals surface area contributed by atoms with E-state index in [9.17, 15) is 4.79 Å². The van der Waals surface area contributed by atoms with Crippen LogP contribution in [0.25, 0.3) is 0 Å². The second-order valence-electron chi connectivity index (χ2n) is 3.67. The van der Waals surface area contributed by atoms with E-state index in [0.717, 1.165) is 0 Å². The van der Waals surface area contributed by atoms with Gasteiger partial charge in [0.25, 0.3) is 0 Å². The number of carbonyl (C=O) groups is 1. The molecule has 0 spiro atoms. The largest absolute Gasteiger partial charge is 0.377 e. The second kappa shape index (κ2) is 4.96. The minimum Gasteiger partial charge on any atom is -0.377 e. The fourth-order valence-electron chi connectivity index (χ4n) is 1.79. The molecule has 1 saturated heterocycles. The standard InChI is InChI=1S/C10H15N5O2/c1-12-9(16)7-6-17-5-4-15(7)8-2-3-13-10(11)14-8/h2-3,7H,4-6H2,1H3,(H,12,16)(H2,11,13,14). The van der Waals surface area contributed by atoms with Crippen molar-refractivity contribution in [3.05, 3.63) is 12.3 Å². The molecule has 1 amide bonds. The Labute approximate surface area is 99.0 Å². The number of aromatic nitrogens is 2. The van der Waals surface area contributed by atoms with Gasteiger partial charge in [-0.25, -0.2) is 4.98 Å². The number of nitrogen functional groups attached to an aromatic ring is 1. The van der Waals surface area contributed by atoms with Crippen molar-refractivity contribution >= 4 is 17.7 Å². The van der Waals surface area contributed by atoms with Crippen LogP contribution in [0.4, 0.5) is 11.8 Å². The zero-order valence-corrected chi connectivity index (χ0v) is 9.59. The lowest BCUT2D eigenvalue weighted by atomic mass is 10.2. The van der Waals surface area contributed by atoms with Crippen LogP contribution >= 0.6 is 0 Å². The minimum absolute atomic E-state index is 0.0955. The first-order chi connectivity index (χ1) is 8.22. The Bertz CT molecular complexity index is 411. The molecule has 17 heavy (non-hydrogen) atoms. The molecule has 2 rings (SSSR count). The summed E-state index contributed by atoms with van der Waals surface area (Å²) in [6, 6.07) is 1.36. The van der Waals surface area contributed by atoms with E-state index in [1.165, 1.54) is 0 Å². The summed E-state index contributed by atoms with van der Waals surface area (Å²) >= 11 is 0. The minimum atomic E-state index is -0.372. The van der Waals surface area contributed by atoms with Gasteiger partial charge in [0.1, 0.15) is 11.9 Å². The van der Waals surface area contributed by atoms with Gasteiger partial charge in [0.05, 0.1) is 13.2 Å². The van der Waals surface area contributed by atoms with Crippen molar-refractivity contribution in [3.63, 3.8) is 0 Å². The number of ether oxygens (including phenoxy) is 1. The quantitative estimate of drug-likeness (QED) is 0.686. The molecular weight excluding hydrogens is 222 g/mol. The van der Waals surface area contributed by atoms with Gasteiger partial charge in [0.2, 0.25) is 11.9 Å². The topological polar surface area (TPSA) is 93.4 Å². The van der Waals surface area contributed by atoms with Crippen molar-refractivity contribution in [2.75, 3.05) is 37.4 Å². The molecule has 0 saturated carbocycles. The zero-order chi connectivity index (χ0) is 12.3. The highest BCUT2D eigenvalue weighted by Gasteiger charge is 2.29. The summed E-state index contributed by atoms with van der Waals surface area (Å²) in [5.41, 5.74) is 5.54. The third kappa shape index (κ3) is 2.44. The highest BCUT2D eigenvalue weighted by atomic mass is 16.5. The van der Waals surface area contributed by atoms with Gasteiger partial charge in [-0.2, -0.15) is 4.98 Å². The van der Waals surface area contributed by atoms with E-state index in [1.807, 2.05) is 4.90 Å². The normalized spacial score (nSPS) is 20.1. The number of rotatable bonds is 2. The maximum Gasteiger partial charge on any atom is 0.244 e. The number of morpholine rings is 1. The van der Waals surface area contributed by atoms with Crippen molar-refractivity contribution in [2.24, 2.45) is 0 Å². The fraction of sp³-hybridized carbons (Fsp3) is 0.500. The summed E-state index contributed by atoms with van der Waals surface area (Å²) in [6.45, 7) is 1.52. The Balaban J connectivity index is 2.24. The van der Waals surface area contributed by atoms with Crippen LogP contribution in [0.5, 0.6) is 0 Å². The maximum atomic E-state index is 11.7. The summed E-state index contributed by atoms with van der Waals surface area (Å²) in [5, 5.41) is 2.61. The van der Waals surface area contributed by atoms with Crippen LogP contribution in [0.1, 0.15) is 0 Å². The molecule has 1 atom stereocenters. The lowest BCUT2D eigenvalue weighted by Crippen LogP contribution is -2.53. The number of amides is 1. The zero-order valence-electron chi connectivity index (χ0n) is 9.59. The molecule has 0 bridgehead atoms. The highest BCUT2D eigenvalue weighted by Crippen LogP contribution is 2.17. The SMILES string of the molecule is CNC(=O)C1COCCN1c1ccnc(N)n1. The van der Waals surface area contributed by atoms with E-state index in [4.69, 9.17) is 10.5 Å². The average Bonchev–Trinajstić information content (AvgIpc) is 2.38. The van der Waals surface area contributed by atoms with Gasteiger partial charge < -0.3 is 20.7 Å². The van der Waals surface area contributed by atoms with Crippen molar-refractivity contribution in [2.45, 2.75) is 6.04 Å². The van der Waals surface area contributed by atoms with Gasteiger partial charge in [0.15, 0.2) is 0 Å². The summed E-state index contributed by atoms with van der Waals surface area (Å²) in [6.07, 6.45) is 1.58. The molecule has 0 aromatic carbocycles. The molecular formula is C10H15N5O2. The number of likely N-dealkylation sites (N-methyl/N-ethyl adjacent to an activating group) is 1. The van der Waals surface area contributed by atoms with Gasteiger partial charge in [-0.15, -0.1) is 0 Å². The van der Waals surface area contributed by atoms with Crippen molar-refractivity contribution in [3.8, 4) is 0 Å². The van der Waals surface area contributed by atoms with E-state index in [1.54, 1.807) is 19.3 Å². The molecule has 1 aromatic rings. The Hall–Kier alpha value is -1.89. The van der Waals surface area contributed by atoms with Crippen LogP contribution in [0.2, 0.25) is 0 Å². The third-order valence-corrected chi connectivity index (χ3v) is 2.63. The lowest BCUT2D eigenvalue weighted by Gasteiger charge is -2.35. The van der Waals surface area contributed by atoms with Gasteiger partial charge in [0, 0.05) is 19.8 Å². The first-order valence-corrected chi connectivity index (χ1v) is 5.37. The van der Waals surface area contributed by atoms with Crippen LogP contribution in [-0.2, 0) is 9.53 Å². The van der Waals surface area contributed by atoms with Gasteiger partial charge in [-0.05, 0) is 6.07 Å². The van der Waals surface area contributed by atoms with E-state index >= 15 is 0 Å². The summed E-state index contributed by atoms with van der Waals surface area (Å²) in [7, 11) is 1.60. The molecule has 1 aliphatic heterocycles. The Morgan fingerprint density at radius 1 is 1.71 bits per heavy atom. The number of hydrogen-bond acceptors (Lipinski definition) is 6. The Morgan fingerprint density at radius 3 is 3.24 bits per heavy atom. The summed E-state index contributed by atoms with van der Waals surface area (Å²) in [4.78, 5) is 21.6. The van der Waals surface area contributed by atoms with Gasteiger partial charge in [-0.3, -0.25) is 4.79 Å². The van der Waals surface area contributed by atoms with Crippen molar-refractivity contribution in [1.29, 1.82) is 0 Å². The van der Waals surface area contributed by atoms with Crippen molar-refractivity contribution < 1.29 is 9.53 Å². The number of hydrogen-bond donors (Lipinski definition) is 2. The predicted octanol–water partition coefficient (Wildman–Crippen LogP) is -0.990. The molecule has 3 N–H and O–H groups in total. The van der Waals surface area contributed by atoms with Crippen LogP contribution in [0.3, 0.4) is 0 Å². The van der Waals surface area contributed by atoms with E-state index in [2.05, 4.69) is 15.3 Å². The molecule has 0 radical (unpaired) electrons. The molecule has 0 aliphatic carbocycles. The van der Waals surface area contributed by atoms with Crippen LogP contribution in [0.15, 0.2) is 12.3 Å². The molecule has 1 unspecified atom stereocenters. The maximum absolute atomic E-state index is 11.7. The summed E-state index contributed by atoms with van der Waals surface area (Å²) in [5.74, 6) is 0.751. The van der Waals surface area contributed by atoms with Crippen LogP contribution < -0.4 is 16.0 Å². The van der Waals surface area contributed by atoms with Gasteiger partial charge >= 0.3 is 0 Å². The lowest BCUT2D eigenvalue weighted by molar-refractivity contribution is -0.124. The fourth-order valence-corrected chi connectivity index (χ4v) is 1.79. The smallest absolute Gasteiger partial charge is 0.244 e. The molecule has 7 heteroatoms. The molecule has 1 aliphatic rings. The number of anilines is 2. The third-order valence-electron chi connectivity index (χ3n) is 2.63. The van der Waals surface area contributed by atoms with E-state index in [0.29, 0.717) is 25.6 Å². The molecule has 92 valence electrons. The van der Waals surface area contributed by atoms with Crippen molar-refractivity contribution in [1.82, 2.24) is 15.3 Å². The molecule has 7 nitrogen and oxygen atoms in total. The molecule has 1 fully saturated rings. The van der Waals surface area contributed by atoms with Gasteiger partial charge in [-0.1, -0.05) is 0 Å². The Morgan fingerprint density at radius 2 is 2.53 bits per heavy atom. The Kier molecular flexibility index (Phi) is 3.38. The predicted molar refractivity (Wildman–Crippen MR) is 62.5 cm³/mol. The van der Waals surface area contributed by atoms with Crippen LogP contribution in [0, 0.1) is 0 Å². The number of nitrogens with zero attached hydrogens (tertiary/aromatic N) is 3. The van der Waals surface area contributed by atoms with E-state index in [-0.39, 0.29) is 17.9 Å². The average molecular weight is 237 g/mol. The monoisotopic (exact) mass is 237 g/mol. The molecule has 2 heterocycles. The number of nitrogens with one attached hydrogen (secondary N) is 1. The van der Waals surface area contributed by atoms with E-state index < -0.39 is 0 Å². The number of carbonyl (C=O) groups excluding carboxylic acids is 1. The number of nitrogens with two attached hydrogens (primary N) is 1. The first-order valence-electron chi connectivity index (χ1n) is 5.37. The van der Waals surface area contributed by atoms with Crippen LogP contribution in [-0.4, -0.2) is 48.7 Å².